The topological polar surface area (TPSA) is 76.8 Å². The van der Waals surface area contributed by atoms with Crippen LogP contribution >= 0.6 is 0 Å². The van der Waals surface area contributed by atoms with Gasteiger partial charge in [-0.15, -0.1) is 0 Å². The molecule has 1 fully saturated rings. The highest BCUT2D eigenvalue weighted by molar-refractivity contribution is 5.74. The van der Waals surface area contributed by atoms with E-state index in [1.807, 2.05) is 0 Å². The Balaban J connectivity index is 2.49. The Bertz CT molecular complexity index is 146. The van der Waals surface area contributed by atoms with Gasteiger partial charge in [0.15, 0.2) is 5.03 Å². The van der Waals surface area contributed by atoms with Gasteiger partial charge in [-0.25, -0.2) is 10.1 Å². The maximum atomic E-state index is 9.65. The van der Waals surface area contributed by atoms with Gasteiger partial charge in [-0.05, 0) is 0 Å². The number of nitrogens with one attached hydrogen (secondary N) is 1. The van der Waals surface area contributed by atoms with Crippen LogP contribution in [0.25, 0.3) is 0 Å². The lowest BCUT2D eigenvalue weighted by Gasteiger charge is -1.87. The lowest BCUT2D eigenvalue weighted by molar-refractivity contribution is -0.486. The normalized spacial score (nSPS) is 21.1. The minimum absolute atomic E-state index is 0.000000000000000444. The molecule has 0 aromatic rings. The molecule has 1 aliphatic rings. The molecule has 0 spiro atoms. The zero-order chi connectivity index (χ0) is 6.69. The zero-order valence-electron chi connectivity index (χ0n) is 4.53. The number of hydrazone groups is 1. The van der Waals surface area contributed by atoms with Crippen molar-refractivity contribution in [2.45, 2.75) is 0 Å². The third-order valence-electron chi connectivity index (χ3n) is 0.790. The fraction of sp³-hybridized carbons (Fsp3) is 0.667. The van der Waals surface area contributed by atoms with E-state index in [4.69, 9.17) is 0 Å². The fourth-order valence-electron chi connectivity index (χ4n) is 0.495. The van der Waals surface area contributed by atoms with Gasteiger partial charge in [-0.3, -0.25) is 0 Å². The summed E-state index contributed by atoms with van der Waals surface area (Å²) >= 11 is 0. The molecule has 0 bridgehead atoms. The summed E-state index contributed by atoms with van der Waals surface area (Å²) < 4.78 is 4.66. The fourth-order valence-corrected chi connectivity index (χ4v) is 0.495. The molecular weight excluding hydrogens is 126 g/mol. The Labute approximate surface area is 50.6 Å². The largest absolute Gasteiger partial charge is 0.459 e. The molecule has 0 unspecified atom stereocenters. The Hall–Kier alpha value is -1.33. The van der Waals surface area contributed by atoms with Crippen LogP contribution in [0.3, 0.4) is 0 Å². The Morgan fingerprint density at radius 2 is 2.67 bits per heavy atom. The predicted octanol–water partition coefficient (Wildman–Crippen LogP) is -0.846. The van der Waals surface area contributed by atoms with Gasteiger partial charge < -0.3 is 10.1 Å². The number of nitrogens with zero attached hydrogens (tertiary/aromatic N) is 2. The van der Waals surface area contributed by atoms with Gasteiger partial charge in [0.1, 0.15) is 11.7 Å². The lowest BCUT2D eigenvalue weighted by Crippen LogP contribution is -2.16. The van der Waals surface area contributed by atoms with E-state index in [1.54, 1.807) is 0 Å². The monoisotopic (exact) mass is 131 g/mol. The van der Waals surface area contributed by atoms with Crippen molar-refractivity contribution in [3.05, 3.63) is 10.1 Å². The van der Waals surface area contributed by atoms with Crippen LogP contribution in [-0.2, 0) is 4.74 Å². The highest BCUT2D eigenvalue weighted by atomic mass is 16.7. The highest BCUT2D eigenvalue weighted by Crippen LogP contribution is 1.86. The van der Waals surface area contributed by atoms with Gasteiger partial charge in [0.2, 0.25) is 0 Å². The summed E-state index contributed by atoms with van der Waals surface area (Å²) in [5.41, 5.74) is 0. The third-order valence-corrected chi connectivity index (χ3v) is 0.790. The molecule has 1 heterocycles. The quantitative estimate of drug-likeness (QED) is 0.371. The minimum Gasteiger partial charge on any atom is -0.459 e. The van der Waals surface area contributed by atoms with Gasteiger partial charge in [0, 0.05) is 0 Å². The summed E-state index contributed by atoms with van der Waals surface area (Å²) in [7, 11) is 0. The van der Waals surface area contributed by atoms with Crippen LogP contribution in [0.1, 0.15) is 0 Å². The van der Waals surface area contributed by atoms with Crippen LogP contribution in [0, 0.1) is 10.1 Å². The van der Waals surface area contributed by atoms with Crippen molar-refractivity contribution in [3.8, 4) is 0 Å². The van der Waals surface area contributed by atoms with Crippen molar-refractivity contribution < 1.29 is 9.77 Å². The van der Waals surface area contributed by atoms with E-state index in [0.717, 1.165) is 0 Å². The molecule has 0 atom stereocenters. The van der Waals surface area contributed by atoms with Crippen LogP contribution in [-0.4, -0.2) is 24.2 Å². The summed E-state index contributed by atoms with van der Waals surface area (Å²) in [6.45, 7) is 1.04. The zero-order valence-corrected chi connectivity index (χ0v) is 4.53. The second-order valence-electron chi connectivity index (χ2n) is 1.42. The number of hydrogen-bond acceptors (Lipinski definition) is 3. The average molecular weight is 131 g/mol. The molecule has 0 saturated carbocycles. The molecule has 0 aromatic carbocycles. The molecule has 0 aromatic heterocycles. The van der Waals surface area contributed by atoms with Crippen molar-refractivity contribution in [2.75, 3.05) is 13.2 Å². The summed E-state index contributed by atoms with van der Waals surface area (Å²) in [6, 6.07) is 0.000000000000000444. The van der Waals surface area contributed by atoms with E-state index in [9.17, 15) is 10.1 Å². The molecule has 9 heavy (non-hydrogen) atoms. The van der Waals surface area contributed by atoms with Crippen molar-refractivity contribution in [2.24, 2.45) is 5.10 Å². The van der Waals surface area contributed by atoms with Crippen LogP contribution in [0.4, 0.5) is 0 Å². The standard InChI is InChI=1S/C3H5N3O3/c7-6(8)5-3-4-1-2-9-3/h1-2H2,(H,4,5). The van der Waals surface area contributed by atoms with Gasteiger partial charge in [-0.1, -0.05) is 0 Å². The molecule has 0 radical (unpaired) electrons. The van der Waals surface area contributed by atoms with Crippen LogP contribution in [0.5, 0.6) is 0 Å². The first-order chi connectivity index (χ1) is 4.29. The van der Waals surface area contributed by atoms with E-state index in [0.29, 0.717) is 13.2 Å². The number of rotatable bonds is 1. The molecule has 1 aliphatic heterocycles. The van der Waals surface area contributed by atoms with E-state index >= 15 is 0 Å². The highest BCUT2D eigenvalue weighted by Gasteiger charge is 2.11. The molecule has 0 aliphatic carbocycles. The molecular formula is C3H5N3O3. The number of amidine groups is 1. The predicted molar refractivity (Wildman–Crippen MR) is 28.4 cm³/mol. The summed E-state index contributed by atoms with van der Waals surface area (Å²) in [5.74, 6) is 0. The third kappa shape index (κ3) is 1.56. The molecule has 50 valence electrons. The van der Waals surface area contributed by atoms with Crippen molar-refractivity contribution in [1.82, 2.24) is 5.32 Å². The summed E-state index contributed by atoms with van der Waals surface area (Å²) in [5, 5.41) is 14.3. The SMILES string of the molecule is O=[N+]([O-])N=C1NCCO1. The van der Waals surface area contributed by atoms with Crippen molar-refractivity contribution >= 4 is 6.02 Å². The first-order valence-electron chi connectivity index (χ1n) is 2.39. The Kier molecular flexibility index (Phi) is 1.48. The van der Waals surface area contributed by atoms with Gasteiger partial charge in [0.25, 0.3) is 0 Å². The molecule has 6 heteroatoms. The minimum atomic E-state index is -0.798. The van der Waals surface area contributed by atoms with Crippen LogP contribution in [0.2, 0.25) is 0 Å². The summed E-state index contributed by atoms with van der Waals surface area (Å²) in [4.78, 5) is 9.65. The molecule has 1 saturated heterocycles. The number of hydrogen-bond donors (Lipinski definition) is 1. The second kappa shape index (κ2) is 2.29. The van der Waals surface area contributed by atoms with E-state index in [-0.39, 0.29) is 6.02 Å². The van der Waals surface area contributed by atoms with E-state index in [2.05, 4.69) is 15.2 Å². The number of ether oxygens (including phenoxy) is 1. The average Bonchev–Trinajstić information content (AvgIpc) is 2.15. The molecule has 6 nitrogen and oxygen atoms in total. The van der Waals surface area contributed by atoms with Crippen LogP contribution < -0.4 is 5.32 Å². The maximum absolute atomic E-state index is 9.65. The maximum Gasteiger partial charge on any atom is 0.359 e. The Morgan fingerprint density at radius 1 is 1.89 bits per heavy atom. The van der Waals surface area contributed by atoms with E-state index < -0.39 is 5.03 Å². The first-order valence-corrected chi connectivity index (χ1v) is 2.39. The Morgan fingerprint density at radius 3 is 3.11 bits per heavy atom. The smallest absolute Gasteiger partial charge is 0.359 e. The second-order valence-corrected chi connectivity index (χ2v) is 1.42. The molecule has 1 N–H and O–H groups in total. The summed E-state index contributed by atoms with van der Waals surface area (Å²) in [6.07, 6.45) is 0. The van der Waals surface area contributed by atoms with Gasteiger partial charge in [0.05, 0.1) is 6.54 Å². The molecule has 1 rings (SSSR count). The lowest BCUT2D eigenvalue weighted by atomic mass is 10.7. The van der Waals surface area contributed by atoms with E-state index in [1.165, 1.54) is 0 Å². The van der Waals surface area contributed by atoms with Crippen LogP contribution in [0.15, 0.2) is 5.10 Å². The van der Waals surface area contributed by atoms with Gasteiger partial charge in [-0.2, -0.15) is 0 Å². The first kappa shape index (κ1) is 5.80. The van der Waals surface area contributed by atoms with Crippen molar-refractivity contribution in [1.29, 1.82) is 0 Å². The molecule has 0 amide bonds. The van der Waals surface area contributed by atoms with Crippen molar-refractivity contribution in [3.63, 3.8) is 0 Å². The van der Waals surface area contributed by atoms with Gasteiger partial charge >= 0.3 is 6.02 Å². The number of nitro groups is 1.